The van der Waals surface area contributed by atoms with Crippen LogP contribution in [0, 0.1) is 0 Å². The van der Waals surface area contributed by atoms with E-state index in [1.807, 2.05) is 4.90 Å². The van der Waals surface area contributed by atoms with Crippen molar-refractivity contribution >= 4 is 5.91 Å². The Labute approximate surface area is 117 Å². The Kier molecular flexibility index (Phi) is 5.22. The van der Waals surface area contributed by atoms with Crippen LogP contribution in [0.5, 0.6) is 0 Å². The summed E-state index contributed by atoms with van der Waals surface area (Å²) >= 11 is 0. The van der Waals surface area contributed by atoms with Crippen molar-refractivity contribution in [3.8, 4) is 0 Å². The molecule has 1 amide bonds. The maximum absolute atomic E-state index is 12.4. The summed E-state index contributed by atoms with van der Waals surface area (Å²) in [6.45, 7) is 3.11. The Balaban J connectivity index is 1.90. The van der Waals surface area contributed by atoms with Gasteiger partial charge in [-0.2, -0.15) is 0 Å². The molecule has 0 aromatic rings. The summed E-state index contributed by atoms with van der Waals surface area (Å²) in [6, 6.07) is 0. The van der Waals surface area contributed by atoms with Crippen molar-refractivity contribution in [3.63, 3.8) is 0 Å². The zero-order chi connectivity index (χ0) is 13.7. The van der Waals surface area contributed by atoms with Crippen LogP contribution in [-0.2, 0) is 4.79 Å². The lowest BCUT2D eigenvalue weighted by Gasteiger charge is -2.44. The molecular weight excluding hydrogens is 238 g/mol. The number of nitrogens with two attached hydrogens (primary N) is 1. The van der Waals surface area contributed by atoms with Gasteiger partial charge in [0, 0.05) is 25.2 Å². The average Bonchev–Trinajstić information content (AvgIpc) is 2.48. The topological polar surface area (TPSA) is 49.6 Å². The highest BCUT2D eigenvalue weighted by Crippen LogP contribution is 2.32. The van der Waals surface area contributed by atoms with Gasteiger partial charge in [-0.3, -0.25) is 9.69 Å². The number of carbonyl (C=O) groups excluding carboxylic acids is 1. The molecule has 2 fully saturated rings. The number of amides is 1. The number of likely N-dealkylation sites (tertiary alicyclic amines) is 1. The molecular formula is C15H29N3O. The van der Waals surface area contributed by atoms with E-state index in [0.717, 1.165) is 38.8 Å². The van der Waals surface area contributed by atoms with Crippen molar-refractivity contribution in [1.82, 2.24) is 9.80 Å². The maximum Gasteiger partial charge on any atom is 0.236 e. The minimum atomic E-state index is 0.0731. The van der Waals surface area contributed by atoms with E-state index in [2.05, 4.69) is 11.9 Å². The van der Waals surface area contributed by atoms with E-state index in [1.165, 1.54) is 25.7 Å². The van der Waals surface area contributed by atoms with Gasteiger partial charge in [0.25, 0.3) is 0 Å². The summed E-state index contributed by atoms with van der Waals surface area (Å²) in [7, 11) is 2.08. The molecule has 0 aromatic heterocycles. The zero-order valence-electron chi connectivity index (χ0n) is 12.4. The monoisotopic (exact) mass is 267 g/mol. The number of nitrogens with zero attached hydrogens (tertiary/aromatic N) is 2. The van der Waals surface area contributed by atoms with E-state index in [0.29, 0.717) is 19.0 Å². The first kappa shape index (κ1) is 14.8. The molecule has 0 atom stereocenters. The van der Waals surface area contributed by atoms with Crippen LogP contribution in [0.1, 0.15) is 51.4 Å². The van der Waals surface area contributed by atoms with Gasteiger partial charge >= 0.3 is 0 Å². The number of hydrogen-bond acceptors (Lipinski definition) is 3. The fourth-order valence-corrected chi connectivity index (χ4v) is 3.57. The summed E-state index contributed by atoms with van der Waals surface area (Å²) in [6.07, 6.45) is 9.70. The smallest absolute Gasteiger partial charge is 0.236 e. The number of carbonyl (C=O) groups is 1. The SMILES string of the molecule is CN(CC(=O)N1CCCCC1)C1(CN)CCCCC1. The van der Waals surface area contributed by atoms with E-state index in [1.54, 1.807) is 0 Å². The van der Waals surface area contributed by atoms with Crippen LogP contribution in [0.4, 0.5) is 0 Å². The molecule has 1 saturated carbocycles. The summed E-state index contributed by atoms with van der Waals surface area (Å²) in [5, 5.41) is 0. The summed E-state index contributed by atoms with van der Waals surface area (Å²) < 4.78 is 0. The Morgan fingerprint density at radius 2 is 1.68 bits per heavy atom. The van der Waals surface area contributed by atoms with Gasteiger partial charge < -0.3 is 10.6 Å². The van der Waals surface area contributed by atoms with Crippen LogP contribution in [-0.4, -0.2) is 54.5 Å². The quantitative estimate of drug-likeness (QED) is 0.841. The van der Waals surface area contributed by atoms with Crippen LogP contribution in [0.3, 0.4) is 0 Å². The van der Waals surface area contributed by atoms with Gasteiger partial charge in [0.15, 0.2) is 0 Å². The van der Waals surface area contributed by atoms with E-state index in [4.69, 9.17) is 5.73 Å². The molecule has 0 spiro atoms. The standard InChI is InChI=1S/C15H29N3O/c1-17(15(13-16)8-4-2-5-9-15)12-14(19)18-10-6-3-7-11-18/h2-13,16H2,1H3. The lowest BCUT2D eigenvalue weighted by atomic mass is 9.80. The second-order valence-electron chi connectivity index (χ2n) is 6.29. The Hall–Kier alpha value is -0.610. The number of rotatable bonds is 4. The predicted octanol–water partition coefficient (Wildman–Crippen LogP) is 1.59. The lowest BCUT2D eigenvalue weighted by Crippen LogP contribution is -2.56. The molecule has 2 N–H and O–H groups in total. The third-order valence-electron chi connectivity index (χ3n) is 5.06. The van der Waals surface area contributed by atoms with Gasteiger partial charge in [0.05, 0.1) is 6.54 Å². The number of piperidine rings is 1. The van der Waals surface area contributed by atoms with Crippen molar-refractivity contribution in [2.75, 3.05) is 33.2 Å². The van der Waals surface area contributed by atoms with Crippen molar-refractivity contribution < 1.29 is 4.79 Å². The second kappa shape index (κ2) is 6.71. The van der Waals surface area contributed by atoms with Crippen LogP contribution >= 0.6 is 0 Å². The Morgan fingerprint density at radius 1 is 1.11 bits per heavy atom. The van der Waals surface area contributed by atoms with Gasteiger partial charge in [-0.15, -0.1) is 0 Å². The largest absolute Gasteiger partial charge is 0.342 e. The Morgan fingerprint density at radius 3 is 2.26 bits per heavy atom. The molecule has 0 bridgehead atoms. The second-order valence-corrected chi connectivity index (χ2v) is 6.29. The number of likely N-dealkylation sites (N-methyl/N-ethyl adjacent to an activating group) is 1. The first-order chi connectivity index (χ1) is 9.18. The summed E-state index contributed by atoms with van der Waals surface area (Å²) in [5.41, 5.74) is 6.10. The molecule has 4 nitrogen and oxygen atoms in total. The highest BCUT2D eigenvalue weighted by Gasteiger charge is 2.36. The van der Waals surface area contributed by atoms with Gasteiger partial charge in [-0.1, -0.05) is 19.3 Å². The minimum absolute atomic E-state index is 0.0731. The highest BCUT2D eigenvalue weighted by atomic mass is 16.2. The van der Waals surface area contributed by atoms with Gasteiger partial charge in [0.1, 0.15) is 0 Å². The normalized spacial score (nSPS) is 23.6. The number of hydrogen-bond donors (Lipinski definition) is 1. The van der Waals surface area contributed by atoms with E-state index >= 15 is 0 Å². The molecule has 1 heterocycles. The maximum atomic E-state index is 12.4. The van der Waals surface area contributed by atoms with E-state index < -0.39 is 0 Å². The van der Waals surface area contributed by atoms with Gasteiger partial charge in [0.2, 0.25) is 5.91 Å². The molecule has 4 heteroatoms. The molecule has 2 aliphatic rings. The molecule has 19 heavy (non-hydrogen) atoms. The van der Waals surface area contributed by atoms with Crippen LogP contribution in [0.15, 0.2) is 0 Å². The molecule has 0 aromatic carbocycles. The summed E-state index contributed by atoms with van der Waals surface area (Å²) in [4.78, 5) is 16.6. The van der Waals surface area contributed by atoms with Gasteiger partial charge in [-0.05, 0) is 39.2 Å². The van der Waals surface area contributed by atoms with Crippen LogP contribution in [0.2, 0.25) is 0 Å². The van der Waals surface area contributed by atoms with Crippen molar-refractivity contribution in [3.05, 3.63) is 0 Å². The van der Waals surface area contributed by atoms with E-state index in [-0.39, 0.29) is 5.54 Å². The molecule has 1 saturated heterocycles. The summed E-state index contributed by atoms with van der Waals surface area (Å²) in [5.74, 6) is 0.292. The van der Waals surface area contributed by atoms with Crippen LogP contribution < -0.4 is 5.73 Å². The fourth-order valence-electron chi connectivity index (χ4n) is 3.57. The third-order valence-corrected chi connectivity index (χ3v) is 5.06. The van der Waals surface area contributed by atoms with E-state index in [9.17, 15) is 4.79 Å². The molecule has 0 radical (unpaired) electrons. The molecule has 1 aliphatic carbocycles. The average molecular weight is 267 g/mol. The van der Waals surface area contributed by atoms with Gasteiger partial charge in [-0.25, -0.2) is 0 Å². The minimum Gasteiger partial charge on any atom is -0.342 e. The fraction of sp³-hybridized carbons (Fsp3) is 0.933. The zero-order valence-corrected chi connectivity index (χ0v) is 12.4. The predicted molar refractivity (Wildman–Crippen MR) is 77.9 cm³/mol. The molecule has 1 aliphatic heterocycles. The Bertz CT molecular complexity index is 294. The lowest BCUT2D eigenvalue weighted by molar-refractivity contribution is -0.134. The third kappa shape index (κ3) is 3.48. The first-order valence-corrected chi connectivity index (χ1v) is 7.87. The van der Waals surface area contributed by atoms with Crippen LogP contribution in [0.25, 0.3) is 0 Å². The van der Waals surface area contributed by atoms with Crippen molar-refractivity contribution in [1.29, 1.82) is 0 Å². The molecule has 110 valence electrons. The molecule has 0 unspecified atom stereocenters. The highest BCUT2D eigenvalue weighted by molar-refractivity contribution is 5.78. The first-order valence-electron chi connectivity index (χ1n) is 7.87. The molecule has 2 rings (SSSR count). The van der Waals surface area contributed by atoms with Crippen molar-refractivity contribution in [2.45, 2.75) is 56.9 Å². The van der Waals surface area contributed by atoms with Crippen molar-refractivity contribution in [2.24, 2.45) is 5.73 Å².